The van der Waals surface area contributed by atoms with Gasteiger partial charge in [0, 0.05) is 6.54 Å². The lowest BCUT2D eigenvalue weighted by Gasteiger charge is -2.32. The Morgan fingerprint density at radius 2 is 1.73 bits per heavy atom. The Balaban J connectivity index is 0.00000242. The molecule has 0 saturated carbocycles. The second-order valence-electron chi connectivity index (χ2n) is 5.72. The van der Waals surface area contributed by atoms with Gasteiger partial charge < -0.3 is 5.32 Å². The third-order valence-electron chi connectivity index (χ3n) is 4.08. The maximum absolute atomic E-state index is 12.5. The molecule has 1 aromatic carbocycles. The van der Waals surface area contributed by atoms with E-state index >= 15 is 0 Å². The van der Waals surface area contributed by atoms with Crippen LogP contribution in [-0.4, -0.2) is 31.1 Å². The Morgan fingerprint density at radius 1 is 1.14 bits per heavy atom. The number of hydrogen-bond acceptors (Lipinski definition) is 2. The minimum Gasteiger partial charge on any atom is -0.317 e. The summed E-state index contributed by atoms with van der Waals surface area (Å²) in [6.07, 6.45) is -1.93. The second-order valence-corrected chi connectivity index (χ2v) is 5.72. The quantitative estimate of drug-likeness (QED) is 0.876. The van der Waals surface area contributed by atoms with Crippen LogP contribution in [0.5, 0.6) is 0 Å². The molecule has 1 aromatic rings. The van der Waals surface area contributed by atoms with Crippen LogP contribution in [0, 0.1) is 5.92 Å². The molecular formula is C16H24ClF3N2. The molecule has 0 bridgehead atoms. The first kappa shape index (κ1) is 19.3. The summed E-state index contributed by atoms with van der Waals surface area (Å²) in [5, 5.41) is 3.38. The van der Waals surface area contributed by atoms with Gasteiger partial charge in [-0.05, 0) is 62.6 Å². The number of nitrogens with one attached hydrogen (secondary N) is 1. The molecule has 0 aromatic heterocycles. The van der Waals surface area contributed by atoms with Gasteiger partial charge in [0.1, 0.15) is 0 Å². The fourth-order valence-corrected chi connectivity index (χ4v) is 2.75. The van der Waals surface area contributed by atoms with Crippen LogP contribution < -0.4 is 5.32 Å². The number of halogens is 4. The fourth-order valence-electron chi connectivity index (χ4n) is 2.75. The van der Waals surface area contributed by atoms with Crippen molar-refractivity contribution in [3.63, 3.8) is 0 Å². The molecule has 0 amide bonds. The molecule has 2 rings (SSSR count). The summed E-state index contributed by atoms with van der Waals surface area (Å²) in [4.78, 5) is 2.32. The van der Waals surface area contributed by atoms with E-state index in [9.17, 15) is 13.2 Å². The molecule has 0 unspecified atom stereocenters. The van der Waals surface area contributed by atoms with Crippen LogP contribution in [0.25, 0.3) is 0 Å². The second kappa shape index (κ2) is 8.75. The Bertz CT molecular complexity index is 426. The van der Waals surface area contributed by atoms with Gasteiger partial charge in [-0.2, -0.15) is 13.2 Å². The molecule has 6 heteroatoms. The van der Waals surface area contributed by atoms with Crippen molar-refractivity contribution < 1.29 is 13.2 Å². The average Bonchev–Trinajstić information content (AvgIpc) is 2.46. The Morgan fingerprint density at radius 3 is 2.23 bits per heavy atom. The van der Waals surface area contributed by atoms with E-state index in [1.54, 1.807) is 12.1 Å². The third-order valence-corrected chi connectivity index (χ3v) is 4.08. The van der Waals surface area contributed by atoms with Gasteiger partial charge in [0.25, 0.3) is 0 Å². The van der Waals surface area contributed by atoms with E-state index in [2.05, 4.69) is 17.1 Å². The first-order valence-electron chi connectivity index (χ1n) is 7.58. The molecule has 2 nitrogen and oxygen atoms in total. The van der Waals surface area contributed by atoms with Gasteiger partial charge >= 0.3 is 6.18 Å². The normalized spacial score (nSPS) is 17.3. The number of hydrogen-bond donors (Lipinski definition) is 1. The minimum absolute atomic E-state index is 0. The van der Waals surface area contributed by atoms with Crippen LogP contribution in [0.2, 0.25) is 0 Å². The van der Waals surface area contributed by atoms with Crippen molar-refractivity contribution in [2.75, 3.05) is 26.2 Å². The van der Waals surface area contributed by atoms with Crippen molar-refractivity contribution >= 4 is 12.4 Å². The van der Waals surface area contributed by atoms with E-state index in [0.29, 0.717) is 0 Å². The summed E-state index contributed by atoms with van der Waals surface area (Å²) in [7, 11) is 0. The van der Waals surface area contributed by atoms with E-state index in [1.165, 1.54) is 12.1 Å². The third kappa shape index (κ3) is 5.78. The molecule has 1 heterocycles. The Kier molecular flexibility index (Phi) is 7.66. The summed E-state index contributed by atoms with van der Waals surface area (Å²) >= 11 is 0. The number of piperidine rings is 1. The van der Waals surface area contributed by atoms with Gasteiger partial charge in [0.05, 0.1) is 5.56 Å². The molecule has 1 N–H and O–H groups in total. The summed E-state index contributed by atoms with van der Waals surface area (Å²) in [5.41, 5.74) is 0.378. The van der Waals surface area contributed by atoms with E-state index < -0.39 is 11.7 Å². The molecule has 0 radical (unpaired) electrons. The average molecular weight is 337 g/mol. The zero-order valence-electron chi connectivity index (χ0n) is 12.8. The standard InChI is InChI=1S/C16H23F3N2.ClH/c1-2-20-11-13-7-9-21(10-8-13)12-14-3-5-15(6-4-14)16(17,18)19;/h3-6,13,20H,2,7-12H2,1H3;1H. The van der Waals surface area contributed by atoms with Crippen LogP contribution in [0.15, 0.2) is 24.3 Å². The first-order chi connectivity index (χ1) is 9.99. The number of benzene rings is 1. The van der Waals surface area contributed by atoms with Crippen LogP contribution in [0.4, 0.5) is 13.2 Å². The molecule has 0 aliphatic carbocycles. The van der Waals surface area contributed by atoms with Crippen molar-refractivity contribution in [2.24, 2.45) is 5.92 Å². The molecule has 22 heavy (non-hydrogen) atoms. The largest absolute Gasteiger partial charge is 0.416 e. The topological polar surface area (TPSA) is 15.3 Å². The summed E-state index contributed by atoms with van der Waals surface area (Å²) in [6.45, 7) is 6.98. The van der Waals surface area contributed by atoms with Gasteiger partial charge in [-0.3, -0.25) is 4.90 Å². The minimum atomic E-state index is -4.25. The number of nitrogens with zero attached hydrogens (tertiary/aromatic N) is 1. The maximum atomic E-state index is 12.5. The maximum Gasteiger partial charge on any atom is 0.416 e. The first-order valence-corrected chi connectivity index (χ1v) is 7.58. The van der Waals surface area contributed by atoms with Crippen LogP contribution >= 0.6 is 12.4 Å². The van der Waals surface area contributed by atoms with Crippen molar-refractivity contribution in [3.8, 4) is 0 Å². The zero-order valence-corrected chi connectivity index (χ0v) is 13.6. The van der Waals surface area contributed by atoms with Crippen molar-refractivity contribution in [3.05, 3.63) is 35.4 Å². The molecule has 1 saturated heterocycles. The predicted molar refractivity (Wildman–Crippen MR) is 85.2 cm³/mol. The van der Waals surface area contributed by atoms with Crippen LogP contribution in [0.1, 0.15) is 30.9 Å². The van der Waals surface area contributed by atoms with Crippen LogP contribution in [0.3, 0.4) is 0 Å². The summed E-state index contributed by atoms with van der Waals surface area (Å²) in [5.74, 6) is 0.730. The fraction of sp³-hybridized carbons (Fsp3) is 0.625. The summed E-state index contributed by atoms with van der Waals surface area (Å²) < 4.78 is 37.5. The van der Waals surface area contributed by atoms with Crippen molar-refractivity contribution in [1.82, 2.24) is 10.2 Å². The highest BCUT2D eigenvalue weighted by atomic mass is 35.5. The predicted octanol–water partition coefficient (Wildman–Crippen LogP) is 3.95. The van der Waals surface area contributed by atoms with Crippen LogP contribution in [-0.2, 0) is 12.7 Å². The zero-order chi connectivity index (χ0) is 15.3. The van der Waals surface area contributed by atoms with E-state index in [4.69, 9.17) is 0 Å². The summed E-state index contributed by atoms with van der Waals surface area (Å²) in [6, 6.07) is 5.53. The van der Waals surface area contributed by atoms with Gasteiger partial charge in [0.15, 0.2) is 0 Å². The Labute approximate surface area is 136 Å². The SMILES string of the molecule is CCNCC1CCN(Cc2ccc(C(F)(F)F)cc2)CC1.Cl. The van der Waals surface area contributed by atoms with E-state index in [-0.39, 0.29) is 12.4 Å². The molecule has 0 atom stereocenters. The van der Waals surface area contributed by atoms with Crippen molar-refractivity contribution in [2.45, 2.75) is 32.5 Å². The van der Waals surface area contributed by atoms with Gasteiger partial charge in [0.2, 0.25) is 0 Å². The monoisotopic (exact) mass is 336 g/mol. The molecule has 1 aliphatic heterocycles. The highest BCUT2D eigenvalue weighted by Gasteiger charge is 2.30. The van der Waals surface area contributed by atoms with Gasteiger partial charge in [-0.1, -0.05) is 19.1 Å². The van der Waals surface area contributed by atoms with E-state index in [0.717, 1.165) is 57.0 Å². The molecule has 1 aliphatic rings. The molecule has 1 fully saturated rings. The molecular weight excluding hydrogens is 313 g/mol. The number of alkyl halides is 3. The van der Waals surface area contributed by atoms with E-state index in [1.807, 2.05) is 0 Å². The number of rotatable bonds is 5. The lowest BCUT2D eigenvalue weighted by atomic mass is 9.96. The molecule has 126 valence electrons. The lowest BCUT2D eigenvalue weighted by Crippen LogP contribution is -2.36. The molecule has 0 spiro atoms. The van der Waals surface area contributed by atoms with Gasteiger partial charge in [-0.25, -0.2) is 0 Å². The van der Waals surface area contributed by atoms with Gasteiger partial charge in [-0.15, -0.1) is 12.4 Å². The highest BCUT2D eigenvalue weighted by molar-refractivity contribution is 5.85. The highest BCUT2D eigenvalue weighted by Crippen LogP contribution is 2.29. The number of likely N-dealkylation sites (tertiary alicyclic amines) is 1. The van der Waals surface area contributed by atoms with Crippen molar-refractivity contribution in [1.29, 1.82) is 0 Å². The lowest BCUT2D eigenvalue weighted by molar-refractivity contribution is -0.137. The Hall–Kier alpha value is -0.780. The smallest absolute Gasteiger partial charge is 0.317 e.